The number of rotatable bonds is 1. The molecule has 1 aromatic heterocycles. The van der Waals surface area contributed by atoms with Gasteiger partial charge in [0.1, 0.15) is 0 Å². The number of hydrogen-bond donors (Lipinski definition) is 0. The minimum atomic E-state index is 0.379. The molecule has 0 aromatic carbocycles. The van der Waals surface area contributed by atoms with E-state index in [0.717, 1.165) is 11.3 Å². The maximum Gasteiger partial charge on any atom is 0.241 e. The van der Waals surface area contributed by atoms with Gasteiger partial charge in [0.25, 0.3) is 0 Å². The summed E-state index contributed by atoms with van der Waals surface area (Å²) in [6.45, 7) is 0. The Hall–Kier alpha value is -0.700. The summed E-state index contributed by atoms with van der Waals surface area (Å²) < 4.78 is 0.379. The fraction of sp³-hybridized carbons (Fsp3) is 0. The number of isocyanates is 1. The standard InChI is InChI=1S/C4HClN2OS/c5-4-6-1-3(9-4)7-2-8/h1H. The minimum absolute atomic E-state index is 0.379. The summed E-state index contributed by atoms with van der Waals surface area (Å²) >= 11 is 6.55. The average molecular weight is 161 g/mol. The summed E-state index contributed by atoms with van der Waals surface area (Å²) in [5.41, 5.74) is 0. The lowest BCUT2D eigenvalue weighted by molar-refractivity contribution is 0.565. The first-order valence-electron chi connectivity index (χ1n) is 2.02. The molecule has 0 aliphatic rings. The van der Waals surface area contributed by atoms with E-state index in [9.17, 15) is 4.79 Å². The summed E-state index contributed by atoms with van der Waals surface area (Å²) in [5.74, 6) is 0. The summed E-state index contributed by atoms with van der Waals surface area (Å²) in [6.07, 6.45) is 2.80. The van der Waals surface area contributed by atoms with E-state index in [1.54, 1.807) is 0 Å². The molecule has 0 atom stereocenters. The molecule has 46 valence electrons. The van der Waals surface area contributed by atoms with E-state index in [1.807, 2.05) is 0 Å². The Morgan fingerprint density at radius 3 is 3.11 bits per heavy atom. The molecule has 0 aliphatic heterocycles. The van der Waals surface area contributed by atoms with E-state index in [0.29, 0.717) is 9.47 Å². The first-order chi connectivity index (χ1) is 4.33. The van der Waals surface area contributed by atoms with Crippen LogP contribution in [0.1, 0.15) is 0 Å². The van der Waals surface area contributed by atoms with Crippen LogP contribution < -0.4 is 0 Å². The fourth-order valence-corrected chi connectivity index (χ4v) is 1.09. The van der Waals surface area contributed by atoms with Crippen molar-refractivity contribution in [3.05, 3.63) is 10.7 Å². The van der Waals surface area contributed by atoms with Crippen molar-refractivity contribution in [1.82, 2.24) is 4.98 Å². The third-order valence-electron chi connectivity index (χ3n) is 0.621. The third-order valence-corrected chi connectivity index (χ3v) is 1.63. The van der Waals surface area contributed by atoms with Crippen molar-refractivity contribution in [3.8, 4) is 0 Å². The quantitative estimate of drug-likeness (QED) is 0.464. The van der Waals surface area contributed by atoms with E-state index in [1.165, 1.54) is 12.3 Å². The van der Waals surface area contributed by atoms with Gasteiger partial charge in [0.15, 0.2) is 9.47 Å². The molecule has 0 spiro atoms. The van der Waals surface area contributed by atoms with Crippen molar-refractivity contribution < 1.29 is 4.79 Å². The maximum absolute atomic E-state index is 9.63. The summed E-state index contributed by atoms with van der Waals surface area (Å²) in [6, 6.07) is 0. The van der Waals surface area contributed by atoms with Crippen LogP contribution in [0.25, 0.3) is 0 Å². The van der Waals surface area contributed by atoms with Crippen LogP contribution in [0.2, 0.25) is 4.47 Å². The van der Waals surface area contributed by atoms with Crippen LogP contribution in [0.5, 0.6) is 0 Å². The first kappa shape index (κ1) is 6.42. The Bertz CT molecular complexity index is 253. The first-order valence-corrected chi connectivity index (χ1v) is 3.21. The Morgan fingerprint density at radius 2 is 2.67 bits per heavy atom. The van der Waals surface area contributed by atoms with Gasteiger partial charge in [0, 0.05) is 0 Å². The van der Waals surface area contributed by atoms with Gasteiger partial charge in [-0.15, -0.1) is 0 Å². The molecule has 0 saturated heterocycles. The highest BCUT2D eigenvalue weighted by molar-refractivity contribution is 7.19. The molecule has 0 N–H and O–H groups in total. The SMILES string of the molecule is O=C=Nc1cnc(Cl)s1. The van der Waals surface area contributed by atoms with Crippen molar-refractivity contribution in [1.29, 1.82) is 0 Å². The molecule has 1 heterocycles. The average Bonchev–Trinajstić information content (AvgIpc) is 2.17. The molecule has 0 bridgehead atoms. The van der Waals surface area contributed by atoms with Crippen molar-refractivity contribution in [2.45, 2.75) is 0 Å². The molecule has 9 heavy (non-hydrogen) atoms. The molecule has 0 fully saturated rings. The van der Waals surface area contributed by atoms with Gasteiger partial charge in [0.05, 0.1) is 6.20 Å². The highest BCUT2D eigenvalue weighted by Crippen LogP contribution is 2.24. The monoisotopic (exact) mass is 160 g/mol. The van der Waals surface area contributed by atoms with Gasteiger partial charge in [-0.3, -0.25) is 0 Å². The number of hydrogen-bond acceptors (Lipinski definition) is 4. The Balaban J connectivity index is 2.97. The van der Waals surface area contributed by atoms with Crippen LogP contribution in [0.4, 0.5) is 5.00 Å². The lowest BCUT2D eigenvalue weighted by atomic mass is 10.9. The zero-order valence-corrected chi connectivity index (χ0v) is 5.74. The zero-order valence-electron chi connectivity index (χ0n) is 4.17. The molecule has 1 rings (SSSR count). The van der Waals surface area contributed by atoms with Crippen LogP contribution in [0, 0.1) is 0 Å². The molecule has 5 heteroatoms. The van der Waals surface area contributed by atoms with Crippen LogP contribution in [0.15, 0.2) is 11.2 Å². The van der Waals surface area contributed by atoms with E-state index in [4.69, 9.17) is 11.6 Å². The van der Waals surface area contributed by atoms with Gasteiger partial charge in [-0.05, 0) is 0 Å². The number of aromatic nitrogens is 1. The lowest BCUT2D eigenvalue weighted by Crippen LogP contribution is -1.50. The molecule has 0 unspecified atom stereocenters. The predicted octanol–water partition coefficient (Wildman–Crippen LogP) is 1.76. The largest absolute Gasteiger partial charge is 0.241 e. The normalized spacial score (nSPS) is 8.56. The van der Waals surface area contributed by atoms with Crippen LogP contribution in [-0.4, -0.2) is 11.1 Å². The Labute approximate surface area is 60.0 Å². The Morgan fingerprint density at radius 1 is 1.89 bits per heavy atom. The summed E-state index contributed by atoms with van der Waals surface area (Å²) in [7, 11) is 0. The van der Waals surface area contributed by atoms with Crippen molar-refractivity contribution in [2.24, 2.45) is 4.99 Å². The number of thiazole rings is 1. The summed E-state index contributed by atoms with van der Waals surface area (Å²) in [4.78, 5) is 16.6. The molecule has 1 aromatic rings. The van der Waals surface area contributed by atoms with E-state index in [-0.39, 0.29) is 0 Å². The van der Waals surface area contributed by atoms with Gasteiger partial charge in [-0.25, -0.2) is 9.78 Å². The van der Waals surface area contributed by atoms with Crippen molar-refractivity contribution >= 4 is 34.0 Å². The molecule has 0 saturated carbocycles. The number of aliphatic imine (C=N–C) groups is 1. The topological polar surface area (TPSA) is 42.3 Å². The number of nitrogens with zero attached hydrogens (tertiary/aromatic N) is 2. The van der Waals surface area contributed by atoms with Gasteiger partial charge in [0.2, 0.25) is 6.08 Å². The van der Waals surface area contributed by atoms with Crippen LogP contribution >= 0.6 is 22.9 Å². The summed E-state index contributed by atoms with van der Waals surface area (Å²) in [5, 5.41) is 0.481. The second-order valence-corrected chi connectivity index (χ2v) is 2.75. The smallest absolute Gasteiger partial charge is 0.231 e. The minimum Gasteiger partial charge on any atom is -0.231 e. The van der Waals surface area contributed by atoms with Gasteiger partial charge >= 0.3 is 0 Å². The zero-order chi connectivity index (χ0) is 6.69. The van der Waals surface area contributed by atoms with Crippen LogP contribution in [0.3, 0.4) is 0 Å². The van der Waals surface area contributed by atoms with E-state index in [2.05, 4.69) is 9.98 Å². The molecular formula is C4HClN2OS. The van der Waals surface area contributed by atoms with Gasteiger partial charge < -0.3 is 0 Å². The highest BCUT2D eigenvalue weighted by atomic mass is 35.5. The second kappa shape index (κ2) is 2.73. The Kier molecular flexibility index (Phi) is 1.95. The second-order valence-electron chi connectivity index (χ2n) is 1.15. The van der Waals surface area contributed by atoms with Gasteiger partial charge in [-0.1, -0.05) is 22.9 Å². The van der Waals surface area contributed by atoms with Crippen molar-refractivity contribution in [3.63, 3.8) is 0 Å². The molecule has 3 nitrogen and oxygen atoms in total. The predicted molar refractivity (Wildman–Crippen MR) is 34.9 cm³/mol. The third kappa shape index (κ3) is 1.61. The number of carbonyl (C=O) groups excluding carboxylic acids is 1. The van der Waals surface area contributed by atoms with Crippen LogP contribution in [-0.2, 0) is 4.79 Å². The maximum atomic E-state index is 9.63. The fourth-order valence-electron chi connectivity index (χ4n) is 0.342. The van der Waals surface area contributed by atoms with E-state index >= 15 is 0 Å². The molecular weight excluding hydrogens is 160 g/mol. The number of halogens is 1. The molecule has 0 radical (unpaired) electrons. The molecule has 0 aliphatic carbocycles. The molecule has 0 amide bonds. The van der Waals surface area contributed by atoms with E-state index < -0.39 is 0 Å². The highest BCUT2D eigenvalue weighted by Gasteiger charge is 1.94. The van der Waals surface area contributed by atoms with Gasteiger partial charge in [-0.2, -0.15) is 4.99 Å². The van der Waals surface area contributed by atoms with Crippen molar-refractivity contribution in [2.75, 3.05) is 0 Å². The lowest BCUT2D eigenvalue weighted by Gasteiger charge is -1.68.